The van der Waals surface area contributed by atoms with E-state index in [-0.39, 0.29) is 25.2 Å². The van der Waals surface area contributed by atoms with E-state index in [4.69, 9.17) is 4.74 Å². The van der Waals surface area contributed by atoms with Crippen molar-refractivity contribution in [3.05, 3.63) is 35.5 Å². The molecule has 2 aliphatic rings. The van der Waals surface area contributed by atoms with Gasteiger partial charge in [-0.05, 0) is 43.0 Å². The second kappa shape index (κ2) is 5.60. The molecule has 3 N–H and O–H groups in total. The number of H-pyrrole nitrogens is 1. The van der Waals surface area contributed by atoms with E-state index in [0.717, 1.165) is 24.9 Å². The second-order valence-electron chi connectivity index (χ2n) is 6.92. The lowest BCUT2D eigenvalue weighted by molar-refractivity contribution is -0.154. The summed E-state index contributed by atoms with van der Waals surface area (Å²) in [6.45, 7) is 1.37. The number of fused-ring (bicyclic) bond motifs is 2. The van der Waals surface area contributed by atoms with Crippen LogP contribution in [0.15, 0.2) is 24.4 Å². The number of nitrogens with one attached hydrogen (secondary N) is 1. The maximum absolute atomic E-state index is 9.75. The number of aromatic nitrogens is 1. The van der Waals surface area contributed by atoms with Crippen molar-refractivity contribution in [1.29, 1.82) is 0 Å². The van der Waals surface area contributed by atoms with Gasteiger partial charge in [0.15, 0.2) is 0 Å². The largest absolute Gasteiger partial charge is 0.396 e. The number of benzene rings is 1. The number of ether oxygens (including phenoxy) is 1. The van der Waals surface area contributed by atoms with Crippen LogP contribution in [0.1, 0.15) is 17.5 Å². The molecular formula is C18H24N2O3. The first-order chi connectivity index (χ1) is 11.2. The lowest BCUT2D eigenvalue weighted by atomic mass is 9.68. The Balaban J connectivity index is 1.91. The van der Waals surface area contributed by atoms with Gasteiger partial charge in [-0.2, -0.15) is 0 Å². The van der Waals surface area contributed by atoms with E-state index in [9.17, 15) is 10.2 Å². The molecule has 5 heteroatoms. The minimum absolute atomic E-state index is 0.0119. The van der Waals surface area contributed by atoms with Crippen LogP contribution in [0.2, 0.25) is 0 Å². The first-order valence-electron chi connectivity index (χ1n) is 8.35. The number of aliphatic hydroxyl groups excluding tert-OH is 2. The van der Waals surface area contributed by atoms with E-state index in [0.29, 0.717) is 6.61 Å². The highest BCUT2D eigenvalue weighted by atomic mass is 16.5. The summed E-state index contributed by atoms with van der Waals surface area (Å²) in [5, 5.41) is 20.3. The van der Waals surface area contributed by atoms with Gasteiger partial charge in [-0.3, -0.25) is 4.90 Å². The number of nitrogens with zero attached hydrogens (tertiary/aromatic N) is 1. The molecule has 2 aromatic rings. The van der Waals surface area contributed by atoms with Crippen molar-refractivity contribution in [1.82, 2.24) is 9.88 Å². The third-order valence-corrected chi connectivity index (χ3v) is 5.57. The van der Waals surface area contributed by atoms with E-state index in [1.165, 1.54) is 16.5 Å². The third kappa shape index (κ3) is 2.15. The van der Waals surface area contributed by atoms with Crippen molar-refractivity contribution in [2.45, 2.75) is 24.5 Å². The molecule has 1 aromatic carbocycles. The van der Waals surface area contributed by atoms with Crippen LogP contribution >= 0.6 is 0 Å². The zero-order valence-electron chi connectivity index (χ0n) is 13.5. The number of aliphatic hydroxyl groups is 2. The quantitative estimate of drug-likeness (QED) is 0.794. The molecule has 5 nitrogen and oxygen atoms in total. The molecule has 1 fully saturated rings. The molecule has 1 aliphatic carbocycles. The number of hydrogen-bond donors (Lipinski definition) is 3. The van der Waals surface area contributed by atoms with Crippen LogP contribution < -0.4 is 0 Å². The maximum atomic E-state index is 9.75. The van der Waals surface area contributed by atoms with Crippen molar-refractivity contribution < 1.29 is 14.9 Å². The lowest BCUT2D eigenvalue weighted by Crippen LogP contribution is -2.60. The molecule has 0 spiro atoms. The summed E-state index contributed by atoms with van der Waals surface area (Å²) in [5.74, 6) is 0.186. The van der Waals surface area contributed by atoms with Crippen LogP contribution in [0.5, 0.6) is 0 Å². The summed E-state index contributed by atoms with van der Waals surface area (Å²) in [5.41, 5.74) is 3.20. The SMILES string of the molecule is CN1C[C@H](CO)C[C@]2(OCCO)c3cccc4[nH]cc(c34)C[C@@H]12. The molecule has 0 bridgehead atoms. The molecule has 0 unspecified atom stereocenters. The summed E-state index contributed by atoms with van der Waals surface area (Å²) in [6.07, 6.45) is 3.83. The number of piperidine rings is 1. The molecule has 0 amide bonds. The van der Waals surface area contributed by atoms with Crippen molar-refractivity contribution in [3.63, 3.8) is 0 Å². The molecule has 4 rings (SSSR count). The number of rotatable bonds is 4. The van der Waals surface area contributed by atoms with Gasteiger partial charge in [-0.15, -0.1) is 0 Å². The third-order valence-electron chi connectivity index (χ3n) is 5.57. The summed E-state index contributed by atoms with van der Waals surface area (Å²) in [6, 6.07) is 6.54. The van der Waals surface area contributed by atoms with E-state index in [2.05, 4.69) is 41.3 Å². The van der Waals surface area contributed by atoms with Crippen LogP contribution in [0, 0.1) is 5.92 Å². The predicted octanol–water partition coefficient (Wildman–Crippen LogP) is 1.24. The van der Waals surface area contributed by atoms with Gasteiger partial charge in [0, 0.05) is 36.3 Å². The Hall–Kier alpha value is -1.40. The molecule has 0 radical (unpaired) electrons. The lowest BCUT2D eigenvalue weighted by Gasteiger charge is -2.53. The van der Waals surface area contributed by atoms with Crippen molar-refractivity contribution >= 4 is 10.9 Å². The molecular weight excluding hydrogens is 292 g/mol. The summed E-state index contributed by atoms with van der Waals surface area (Å²) in [4.78, 5) is 5.69. The van der Waals surface area contributed by atoms with Crippen LogP contribution in [0.3, 0.4) is 0 Å². The summed E-state index contributed by atoms with van der Waals surface area (Å²) in [7, 11) is 2.11. The fraction of sp³-hybridized carbons (Fsp3) is 0.556. The molecule has 23 heavy (non-hydrogen) atoms. The average Bonchev–Trinajstić information content (AvgIpc) is 2.99. The van der Waals surface area contributed by atoms with Crippen molar-refractivity contribution in [2.24, 2.45) is 5.92 Å². The molecule has 0 saturated carbocycles. The zero-order chi connectivity index (χ0) is 16.0. The van der Waals surface area contributed by atoms with Gasteiger partial charge in [0.2, 0.25) is 0 Å². The number of likely N-dealkylation sites (tertiary alicyclic amines) is 1. The average molecular weight is 316 g/mol. The zero-order valence-corrected chi connectivity index (χ0v) is 13.5. The summed E-state index contributed by atoms with van der Waals surface area (Å²) >= 11 is 0. The van der Waals surface area contributed by atoms with E-state index < -0.39 is 5.60 Å². The van der Waals surface area contributed by atoms with Crippen molar-refractivity contribution in [3.8, 4) is 0 Å². The van der Waals surface area contributed by atoms with Crippen LogP contribution in [0.25, 0.3) is 10.9 Å². The highest BCUT2D eigenvalue weighted by Crippen LogP contribution is 2.49. The smallest absolute Gasteiger partial charge is 0.110 e. The topological polar surface area (TPSA) is 68.7 Å². The predicted molar refractivity (Wildman–Crippen MR) is 88.3 cm³/mol. The van der Waals surface area contributed by atoms with Gasteiger partial charge >= 0.3 is 0 Å². The fourth-order valence-corrected chi connectivity index (χ4v) is 4.69. The Morgan fingerprint density at radius 2 is 2.26 bits per heavy atom. The van der Waals surface area contributed by atoms with Gasteiger partial charge in [0.1, 0.15) is 5.60 Å². The van der Waals surface area contributed by atoms with Crippen LogP contribution in [-0.4, -0.2) is 59.6 Å². The van der Waals surface area contributed by atoms with Crippen LogP contribution in [-0.2, 0) is 16.8 Å². The molecule has 3 atom stereocenters. The normalized spacial score (nSPS) is 30.6. The monoisotopic (exact) mass is 316 g/mol. The van der Waals surface area contributed by atoms with Gasteiger partial charge < -0.3 is 19.9 Å². The first kappa shape index (κ1) is 15.1. The Morgan fingerprint density at radius 3 is 3.04 bits per heavy atom. The van der Waals surface area contributed by atoms with Gasteiger partial charge in [0.25, 0.3) is 0 Å². The fourth-order valence-electron chi connectivity index (χ4n) is 4.69. The minimum atomic E-state index is -0.460. The molecule has 1 saturated heterocycles. The van der Waals surface area contributed by atoms with Gasteiger partial charge in [-0.25, -0.2) is 0 Å². The molecule has 1 aliphatic heterocycles. The van der Waals surface area contributed by atoms with Crippen LogP contribution in [0.4, 0.5) is 0 Å². The van der Waals surface area contributed by atoms with E-state index in [1.54, 1.807) is 0 Å². The number of hydrogen-bond acceptors (Lipinski definition) is 4. The highest BCUT2D eigenvalue weighted by molar-refractivity contribution is 5.88. The van der Waals surface area contributed by atoms with Gasteiger partial charge in [0.05, 0.1) is 13.2 Å². The minimum Gasteiger partial charge on any atom is -0.396 e. The Labute approximate surface area is 135 Å². The summed E-state index contributed by atoms with van der Waals surface area (Å²) < 4.78 is 6.33. The number of aromatic amines is 1. The van der Waals surface area contributed by atoms with E-state index in [1.807, 2.05) is 0 Å². The molecule has 1 aromatic heterocycles. The highest BCUT2D eigenvalue weighted by Gasteiger charge is 2.51. The molecule has 124 valence electrons. The Morgan fingerprint density at radius 1 is 1.39 bits per heavy atom. The maximum Gasteiger partial charge on any atom is 0.110 e. The number of likely N-dealkylation sites (N-methyl/N-ethyl adjacent to an activating group) is 1. The first-order valence-corrected chi connectivity index (χ1v) is 8.35. The molecule has 2 heterocycles. The van der Waals surface area contributed by atoms with Crippen molar-refractivity contribution in [2.75, 3.05) is 33.4 Å². The van der Waals surface area contributed by atoms with Gasteiger partial charge in [-0.1, -0.05) is 12.1 Å². The Kier molecular flexibility index (Phi) is 3.69. The Bertz CT molecular complexity index is 713. The second-order valence-corrected chi connectivity index (χ2v) is 6.92. The standard InChI is InChI=1S/C18H24N2O3/c1-20-10-12(11-22)8-18(23-6-5-21)14-3-2-4-15-17(14)13(9-19-15)7-16(18)20/h2-4,9,12,16,19,21-22H,5-8,10-11H2,1H3/t12-,16-,18+/m1/s1. The van der Waals surface area contributed by atoms with E-state index >= 15 is 0 Å².